The summed E-state index contributed by atoms with van der Waals surface area (Å²) in [4.78, 5) is 0. The number of rotatable bonds is 9. The van der Waals surface area contributed by atoms with Crippen molar-refractivity contribution in [2.24, 2.45) is 0 Å². The van der Waals surface area contributed by atoms with Crippen molar-refractivity contribution in [3.63, 3.8) is 0 Å². The highest BCUT2D eigenvalue weighted by Gasteiger charge is 2.20. The molecule has 0 heterocycles. The van der Waals surface area contributed by atoms with E-state index in [1.807, 2.05) is 13.8 Å². The van der Waals surface area contributed by atoms with Crippen molar-refractivity contribution in [1.29, 1.82) is 0 Å². The van der Waals surface area contributed by atoms with Crippen LogP contribution in [-0.4, -0.2) is 19.0 Å². The van der Waals surface area contributed by atoms with Gasteiger partial charge in [-0.15, -0.1) is 0 Å². The molecule has 17 heavy (non-hydrogen) atoms. The standard InChI is InChI=1S/C12H23O3PS/c1-4-7-11-17-12-10-16(13,14-8-5-2)15-9-6-3/h4-9,11H2,1-3H3. The van der Waals surface area contributed by atoms with E-state index in [2.05, 4.69) is 17.8 Å². The third-order valence-electron chi connectivity index (χ3n) is 1.79. The Morgan fingerprint density at radius 1 is 1.06 bits per heavy atom. The Hall–Kier alpha value is 0.0600. The van der Waals surface area contributed by atoms with Crippen LogP contribution in [0.5, 0.6) is 0 Å². The molecule has 0 saturated carbocycles. The van der Waals surface area contributed by atoms with Crippen molar-refractivity contribution in [3.05, 3.63) is 0 Å². The van der Waals surface area contributed by atoms with Gasteiger partial charge < -0.3 is 0 Å². The first-order valence-electron chi connectivity index (χ1n) is 6.21. The second-order valence-corrected chi connectivity index (χ2v) is 6.22. The SMILES string of the molecule is CCCCSC#CP(=O)(OCCC)OCCC. The molecule has 3 nitrogen and oxygen atoms in total. The Labute approximate surface area is 110 Å². The van der Waals surface area contributed by atoms with Crippen LogP contribution >= 0.6 is 19.4 Å². The summed E-state index contributed by atoms with van der Waals surface area (Å²) in [7, 11) is -3.18. The molecule has 0 aliphatic heterocycles. The molecule has 0 fully saturated rings. The van der Waals surface area contributed by atoms with Gasteiger partial charge in [-0.25, -0.2) is 4.57 Å². The number of thioether (sulfide) groups is 1. The largest absolute Gasteiger partial charge is 0.406 e. The van der Waals surface area contributed by atoms with Crippen molar-refractivity contribution < 1.29 is 13.6 Å². The molecule has 0 atom stereocenters. The predicted octanol–water partition coefficient (Wildman–Crippen LogP) is 4.48. The second kappa shape index (κ2) is 11.2. The van der Waals surface area contributed by atoms with Gasteiger partial charge in [-0.3, -0.25) is 9.05 Å². The molecule has 0 aliphatic rings. The van der Waals surface area contributed by atoms with Crippen LogP contribution in [0.2, 0.25) is 0 Å². The smallest absolute Gasteiger partial charge is 0.299 e. The molecule has 0 spiro atoms. The van der Waals surface area contributed by atoms with Crippen LogP contribution in [0.4, 0.5) is 0 Å². The summed E-state index contributed by atoms with van der Waals surface area (Å²) in [5.74, 6) is 0.963. The highest BCUT2D eigenvalue weighted by molar-refractivity contribution is 8.04. The molecular weight excluding hydrogens is 255 g/mol. The van der Waals surface area contributed by atoms with E-state index in [-0.39, 0.29) is 0 Å². The molecule has 0 N–H and O–H groups in total. The maximum Gasteiger partial charge on any atom is 0.406 e. The molecule has 100 valence electrons. The lowest BCUT2D eigenvalue weighted by molar-refractivity contribution is 0.214. The van der Waals surface area contributed by atoms with Gasteiger partial charge in [0, 0.05) is 11.4 Å². The van der Waals surface area contributed by atoms with Gasteiger partial charge in [0.2, 0.25) is 0 Å². The Balaban J connectivity index is 4.20. The summed E-state index contributed by atoms with van der Waals surface area (Å²) < 4.78 is 22.6. The van der Waals surface area contributed by atoms with Gasteiger partial charge in [0.05, 0.1) is 13.2 Å². The van der Waals surface area contributed by atoms with Crippen molar-refractivity contribution in [2.45, 2.75) is 46.5 Å². The maximum atomic E-state index is 12.1. The topological polar surface area (TPSA) is 35.5 Å². The van der Waals surface area contributed by atoms with Gasteiger partial charge in [0.1, 0.15) is 0 Å². The third-order valence-corrected chi connectivity index (χ3v) is 4.11. The van der Waals surface area contributed by atoms with Crippen LogP contribution in [0, 0.1) is 10.9 Å². The first-order chi connectivity index (χ1) is 8.18. The van der Waals surface area contributed by atoms with Gasteiger partial charge >= 0.3 is 7.60 Å². The molecule has 0 radical (unpaired) electrons. The minimum atomic E-state index is -3.18. The number of unbranched alkanes of at least 4 members (excludes halogenated alkanes) is 1. The normalized spacial score (nSPS) is 11.0. The van der Waals surface area contributed by atoms with Crippen molar-refractivity contribution in [2.75, 3.05) is 19.0 Å². The monoisotopic (exact) mass is 278 g/mol. The van der Waals surface area contributed by atoms with Gasteiger partial charge in [-0.2, -0.15) is 0 Å². The summed E-state index contributed by atoms with van der Waals surface area (Å²) in [6.07, 6.45) is 3.88. The minimum absolute atomic E-state index is 0.426. The first-order valence-corrected chi connectivity index (χ1v) is 8.74. The van der Waals surface area contributed by atoms with E-state index in [4.69, 9.17) is 9.05 Å². The Kier molecular flexibility index (Phi) is 11.2. The highest BCUT2D eigenvalue weighted by atomic mass is 32.2. The van der Waals surface area contributed by atoms with E-state index in [9.17, 15) is 4.57 Å². The molecule has 0 aromatic rings. The summed E-state index contributed by atoms with van der Waals surface area (Å²) in [5, 5.41) is 2.83. The van der Waals surface area contributed by atoms with E-state index in [0.717, 1.165) is 31.4 Å². The summed E-state index contributed by atoms with van der Waals surface area (Å²) in [6.45, 7) is 6.92. The van der Waals surface area contributed by atoms with Crippen LogP contribution in [0.1, 0.15) is 46.5 Å². The zero-order valence-electron chi connectivity index (χ0n) is 11.0. The zero-order chi connectivity index (χ0) is 13.0. The highest BCUT2D eigenvalue weighted by Crippen LogP contribution is 2.47. The molecule has 0 aliphatic carbocycles. The fourth-order valence-corrected chi connectivity index (χ4v) is 3.17. The Morgan fingerprint density at radius 2 is 1.65 bits per heavy atom. The van der Waals surface area contributed by atoms with Crippen molar-refractivity contribution >= 4 is 19.4 Å². The van der Waals surface area contributed by atoms with E-state index >= 15 is 0 Å². The Morgan fingerprint density at radius 3 is 2.12 bits per heavy atom. The van der Waals surface area contributed by atoms with Crippen molar-refractivity contribution in [3.8, 4) is 10.9 Å². The van der Waals surface area contributed by atoms with E-state index in [0.29, 0.717) is 13.2 Å². The molecule has 0 bridgehead atoms. The maximum absolute atomic E-state index is 12.1. The molecule has 0 saturated heterocycles. The summed E-state index contributed by atoms with van der Waals surface area (Å²) >= 11 is 1.48. The van der Waals surface area contributed by atoms with Gasteiger partial charge in [-0.05, 0) is 24.5 Å². The van der Waals surface area contributed by atoms with Gasteiger partial charge in [-0.1, -0.05) is 39.0 Å². The molecule has 0 unspecified atom stereocenters. The lowest BCUT2D eigenvalue weighted by Crippen LogP contribution is -1.96. The third kappa shape index (κ3) is 9.73. The number of hydrogen-bond acceptors (Lipinski definition) is 4. The summed E-state index contributed by atoms with van der Waals surface area (Å²) in [6, 6.07) is 0. The van der Waals surface area contributed by atoms with Crippen LogP contribution in [0.3, 0.4) is 0 Å². The molecule has 0 amide bonds. The van der Waals surface area contributed by atoms with E-state index < -0.39 is 7.60 Å². The molecular formula is C12H23O3PS. The lowest BCUT2D eigenvalue weighted by Gasteiger charge is -2.11. The van der Waals surface area contributed by atoms with Crippen LogP contribution < -0.4 is 0 Å². The fourth-order valence-electron chi connectivity index (χ4n) is 0.880. The minimum Gasteiger partial charge on any atom is -0.299 e. The zero-order valence-corrected chi connectivity index (χ0v) is 12.7. The predicted molar refractivity (Wildman–Crippen MR) is 75.2 cm³/mol. The quantitative estimate of drug-likeness (QED) is 0.354. The first kappa shape index (κ1) is 17.1. The lowest BCUT2D eigenvalue weighted by atomic mass is 10.4. The van der Waals surface area contributed by atoms with Crippen LogP contribution in [-0.2, 0) is 13.6 Å². The fraction of sp³-hybridized carbons (Fsp3) is 0.833. The molecule has 0 aromatic heterocycles. The average molecular weight is 278 g/mol. The Bertz CT molecular complexity index is 271. The number of hydrogen-bond donors (Lipinski definition) is 0. The second-order valence-electron chi connectivity index (χ2n) is 3.58. The molecule has 0 rings (SSSR count). The van der Waals surface area contributed by atoms with Gasteiger partial charge in [0.25, 0.3) is 0 Å². The van der Waals surface area contributed by atoms with E-state index in [1.165, 1.54) is 11.8 Å². The molecule has 5 heteroatoms. The summed E-state index contributed by atoms with van der Waals surface area (Å²) in [5.41, 5.74) is 2.65. The molecule has 0 aromatic carbocycles. The van der Waals surface area contributed by atoms with Crippen LogP contribution in [0.25, 0.3) is 0 Å². The average Bonchev–Trinajstić information content (AvgIpc) is 2.34. The van der Waals surface area contributed by atoms with Crippen LogP contribution in [0.15, 0.2) is 0 Å². The van der Waals surface area contributed by atoms with Crippen molar-refractivity contribution in [1.82, 2.24) is 0 Å². The van der Waals surface area contributed by atoms with E-state index in [1.54, 1.807) is 0 Å². The van der Waals surface area contributed by atoms with Gasteiger partial charge in [0.15, 0.2) is 0 Å².